The van der Waals surface area contributed by atoms with E-state index in [1.54, 1.807) is 30.6 Å². The average molecular weight is 421 g/mol. The van der Waals surface area contributed by atoms with E-state index in [1.807, 2.05) is 30.3 Å². The fraction of sp³-hybridized carbons (Fsp3) is 0.174. The minimum absolute atomic E-state index is 0.0257. The van der Waals surface area contributed by atoms with Crippen LogP contribution in [0.2, 0.25) is 5.02 Å². The molecule has 0 aliphatic carbocycles. The second-order valence-corrected chi connectivity index (χ2v) is 7.47. The summed E-state index contributed by atoms with van der Waals surface area (Å²) in [5.74, 6) is -0.188. The number of amides is 1. The van der Waals surface area contributed by atoms with Gasteiger partial charge in [0.05, 0.1) is 5.69 Å². The van der Waals surface area contributed by atoms with Gasteiger partial charge in [0.25, 0.3) is 5.56 Å². The summed E-state index contributed by atoms with van der Waals surface area (Å²) in [6.45, 7) is 0.542. The van der Waals surface area contributed by atoms with Crippen LogP contribution in [-0.2, 0) is 17.8 Å². The predicted octanol–water partition coefficient (Wildman–Crippen LogP) is 3.57. The van der Waals surface area contributed by atoms with Crippen LogP contribution in [0.1, 0.15) is 12.0 Å². The Kier molecular flexibility index (Phi) is 5.95. The highest BCUT2D eigenvalue weighted by molar-refractivity contribution is 6.30. The third kappa shape index (κ3) is 4.60. The monoisotopic (exact) mass is 420 g/mol. The van der Waals surface area contributed by atoms with Gasteiger partial charge in [-0.3, -0.25) is 9.59 Å². The van der Waals surface area contributed by atoms with Gasteiger partial charge in [-0.05, 0) is 36.6 Å². The van der Waals surface area contributed by atoms with Gasteiger partial charge in [-0.1, -0.05) is 54.1 Å². The largest absolute Gasteiger partial charge is 0.355 e. The summed E-state index contributed by atoms with van der Waals surface area (Å²) in [5.41, 5.74) is 2.94. The molecule has 2 aromatic carbocycles. The summed E-state index contributed by atoms with van der Waals surface area (Å²) in [6.07, 6.45) is 5.00. The Morgan fingerprint density at radius 2 is 1.80 bits per heavy atom. The zero-order valence-electron chi connectivity index (χ0n) is 16.3. The molecule has 0 aliphatic rings. The molecule has 1 amide bonds. The Hall–Kier alpha value is -3.38. The Labute approximate surface area is 178 Å². The number of nitrogens with one attached hydrogen (secondary N) is 1. The number of fused-ring (bicyclic) bond motifs is 1. The van der Waals surface area contributed by atoms with E-state index in [9.17, 15) is 9.59 Å². The number of nitrogens with zero attached hydrogens (tertiary/aromatic N) is 3. The molecule has 0 fully saturated rings. The average Bonchev–Trinajstić information content (AvgIpc) is 3.20. The number of hydrogen-bond donors (Lipinski definition) is 1. The second kappa shape index (κ2) is 8.97. The first kappa shape index (κ1) is 19.9. The van der Waals surface area contributed by atoms with Crippen molar-refractivity contribution in [1.82, 2.24) is 19.5 Å². The first-order valence-corrected chi connectivity index (χ1v) is 10.1. The van der Waals surface area contributed by atoms with Gasteiger partial charge in [-0.25, -0.2) is 4.52 Å². The van der Waals surface area contributed by atoms with Crippen molar-refractivity contribution in [3.8, 4) is 11.3 Å². The maximum absolute atomic E-state index is 12.8. The Morgan fingerprint density at radius 1 is 1.03 bits per heavy atom. The highest BCUT2D eigenvalue weighted by Gasteiger charge is 2.11. The highest BCUT2D eigenvalue weighted by Crippen LogP contribution is 2.20. The van der Waals surface area contributed by atoms with Gasteiger partial charge in [0.2, 0.25) is 5.91 Å². The third-order valence-electron chi connectivity index (χ3n) is 4.86. The number of carbonyl (C=O) groups excluding carboxylic acids is 1. The van der Waals surface area contributed by atoms with Crippen LogP contribution < -0.4 is 10.9 Å². The lowest BCUT2D eigenvalue weighted by Crippen LogP contribution is -2.33. The molecule has 0 radical (unpaired) electrons. The number of halogens is 1. The number of hydrogen-bond acceptors (Lipinski definition) is 3. The number of aromatic nitrogens is 3. The van der Waals surface area contributed by atoms with E-state index in [0.29, 0.717) is 22.8 Å². The summed E-state index contributed by atoms with van der Waals surface area (Å²) in [7, 11) is 0. The summed E-state index contributed by atoms with van der Waals surface area (Å²) < 4.78 is 2.93. The normalized spacial score (nSPS) is 11.0. The highest BCUT2D eigenvalue weighted by atomic mass is 35.5. The standard InChI is InChI=1S/C23H21ClN4O2/c24-19-10-8-18(9-11-19)20-15-21-23(30)27(13-14-28(21)26-20)16-22(29)25-12-4-7-17-5-2-1-3-6-17/h1-3,5-6,8-11,13-15H,4,7,12,16H2,(H,25,29). The van der Waals surface area contributed by atoms with E-state index >= 15 is 0 Å². The van der Waals surface area contributed by atoms with Gasteiger partial charge in [-0.2, -0.15) is 5.10 Å². The number of rotatable bonds is 7. The molecule has 2 aromatic heterocycles. The van der Waals surface area contributed by atoms with Crippen LogP contribution in [0.4, 0.5) is 0 Å². The summed E-state index contributed by atoms with van der Waals surface area (Å²) >= 11 is 5.93. The van der Waals surface area contributed by atoms with Gasteiger partial charge in [0, 0.05) is 29.5 Å². The van der Waals surface area contributed by atoms with E-state index in [2.05, 4.69) is 22.5 Å². The molecule has 6 nitrogen and oxygen atoms in total. The zero-order chi connectivity index (χ0) is 20.9. The number of aryl methyl sites for hydroxylation is 1. The minimum atomic E-state index is -0.260. The summed E-state index contributed by atoms with van der Waals surface area (Å²) in [5, 5.41) is 7.96. The summed E-state index contributed by atoms with van der Waals surface area (Å²) in [6, 6.07) is 19.1. The van der Waals surface area contributed by atoms with Gasteiger partial charge in [-0.15, -0.1) is 0 Å². The molecular weight excluding hydrogens is 400 g/mol. The maximum Gasteiger partial charge on any atom is 0.277 e. The molecule has 152 valence electrons. The van der Waals surface area contributed by atoms with Crippen LogP contribution in [0.5, 0.6) is 0 Å². The quantitative estimate of drug-likeness (QED) is 0.465. The molecule has 30 heavy (non-hydrogen) atoms. The SMILES string of the molecule is O=C(Cn1ccn2nc(-c3ccc(Cl)cc3)cc2c1=O)NCCCc1ccccc1. The van der Waals surface area contributed by atoms with Crippen LogP contribution >= 0.6 is 11.6 Å². The molecule has 0 spiro atoms. The smallest absolute Gasteiger partial charge is 0.277 e. The Bertz CT molecular complexity index is 1210. The van der Waals surface area contributed by atoms with E-state index in [-0.39, 0.29) is 18.0 Å². The van der Waals surface area contributed by atoms with E-state index in [1.165, 1.54) is 14.6 Å². The molecule has 0 aliphatic heterocycles. The van der Waals surface area contributed by atoms with Crippen LogP contribution in [0.15, 0.2) is 77.9 Å². The number of benzene rings is 2. The topological polar surface area (TPSA) is 68.4 Å². The van der Waals surface area contributed by atoms with Gasteiger partial charge < -0.3 is 9.88 Å². The van der Waals surface area contributed by atoms with Gasteiger partial charge in [0.15, 0.2) is 0 Å². The number of carbonyl (C=O) groups is 1. The first-order valence-electron chi connectivity index (χ1n) is 9.75. The van der Waals surface area contributed by atoms with Crippen molar-refractivity contribution >= 4 is 23.0 Å². The molecule has 1 N–H and O–H groups in total. The molecule has 2 heterocycles. The van der Waals surface area contributed by atoms with Crippen molar-refractivity contribution in [1.29, 1.82) is 0 Å². The zero-order valence-corrected chi connectivity index (χ0v) is 17.0. The molecule has 4 rings (SSSR count). The third-order valence-corrected chi connectivity index (χ3v) is 5.12. The Morgan fingerprint density at radius 3 is 2.57 bits per heavy atom. The van der Waals surface area contributed by atoms with Crippen molar-refractivity contribution in [2.45, 2.75) is 19.4 Å². The van der Waals surface area contributed by atoms with E-state index in [4.69, 9.17) is 11.6 Å². The van der Waals surface area contributed by atoms with Gasteiger partial charge >= 0.3 is 0 Å². The lowest BCUT2D eigenvalue weighted by atomic mass is 10.1. The molecule has 0 saturated heterocycles. The lowest BCUT2D eigenvalue weighted by molar-refractivity contribution is -0.121. The lowest BCUT2D eigenvalue weighted by Gasteiger charge is -2.08. The van der Waals surface area contributed by atoms with Gasteiger partial charge in [0.1, 0.15) is 12.1 Å². The van der Waals surface area contributed by atoms with Crippen molar-refractivity contribution in [2.75, 3.05) is 6.54 Å². The van der Waals surface area contributed by atoms with E-state index in [0.717, 1.165) is 18.4 Å². The predicted molar refractivity (Wildman–Crippen MR) is 118 cm³/mol. The van der Waals surface area contributed by atoms with Crippen molar-refractivity contribution in [2.24, 2.45) is 0 Å². The summed E-state index contributed by atoms with van der Waals surface area (Å²) in [4.78, 5) is 25.0. The van der Waals surface area contributed by atoms with Crippen molar-refractivity contribution in [3.05, 3.63) is 94.0 Å². The minimum Gasteiger partial charge on any atom is -0.355 e. The van der Waals surface area contributed by atoms with Crippen LogP contribution in [0, 0.1) is 0 Å². The second-order valence-electron chi connectivity index (χ2n) is 7.04. The van der Waals surface area contributed by atoms with Crippen LogP contribution in [-0.4, -0.2) is 26.6 Å². The fourth-order valence-electron chi connectivity index (χ4n) is 3.29. The molecule has 0 unspecified atom stereocenters. The van der Waals surface area contributed by atoms with Crippen LogP contribution in [0.3, 0.4) is 0 Å². The Balaban J connectivity index is 1.40. The maximum atomic E-state index is 12.8. The molecule has 0 bridgehead atoms. The fourth-order valence-corrected chi connectivity index (χ4v) is 3.41. The molecule has 4 aromatic rings. The van der Waals surface area contributed by atoms with Crippen molar-refractivity contribution in [3.63, 3.8) is 0 Å². The molecule has 0 atom stereocenters. The van der Waals surface area contributed by atoms with Crippen LogP contribution in [0.25, 0.3) is 16.8 Å². The molecular formula is C23H21ClN4O2. The van der Waals surface area contributed by atoms with Crippen molar-refractivity contribution < 1.29 is 4.79 Å². The molecule has 0 saturated carbocycles. The first-order chi connectivity index (χ1) is 14.6. The van der Waals surface area contributed by atoms with E-state index < -0.39 is 0 Å². The molecule has 7 heteroatoms.